The monoisotopic (exact) mass is 829 g/mol. The van der Waals surface area contributed by atoms with E-state index in [0.29, 0.717) is 17.5 Å². The molecule has 65 heavy (non-hydrogen) atoms. The Morgan fingerprint density at radius 1 is 0.262 bits per heavy atom. The number of nitrogens with zero attached hydrogens (tertiary/aromatic N) is 3. The lowest BCUT2D eigenvalue weighted by atomic mass is 9.97. The minimum atomic E-state index is 0.580. The molecule has 0 atom stereocenters. The first-order valence-corrected chi connectivity index (χ1v) is 21.9. The molecule has 2 aromatic heterocycles. The summed E-state index contributed by atoms with van der Waals surface area (Å²) in [5, 5.41) is 4.44. The average molecular weight is 830 g/mol. The Bertz CT molecular complexity index is 3650. The number of furan rings is 1. The van der Waals surface area contributed by atoms with Crippen molar-refractivity contribution in [2.75, 3.05) is 0 Å². The Balaban J connectivity index is 0.937. The molecule has 0 radical (unpaired) electrons. The summed E-state index contributed by atoms with van der Waals surface area (Å²) in [6.45, 7) is 0. The van der Waals surface area contributed by atoms with Gasteiger partial charge in [0.05, 0.1) is 0 Å². The van der Waals surface area contributed by atoms with Gasteiger partial charge in [0, 0.05) is 33.0 Å². The summed E-state index contributed by atoms with van der Waals surface area (Å²) < 4.78 is 6.76. The van der Waals surface area contributed by atoms with Gasteiger partial charge < -0.3 is 4.42 Å². The summed E-state index contributed by atoms with van der Waals surface area (Å²) in [5.41, 5.74) is 15.7. The molecule has 0 bridgehead atoms. The number of aromatic nitrogens is 3. The molecule has 12 aromatic rings. The Morgan fingerprint density at radius 3 is 1.25 bits per heavy atom. The van der Waals surface area contributed by atoms with E-state index in [2.05, 4.69) is 212 Å². The van der Waals surface area contributed by atoms with Crippen molar-refractivity contribution in [3.05, 3.63) is 237 Å². The average Bonchev–Trinajstić information content (AvgIpc) is 3.79. The van der Waals surface area contributed by atoms with Crippen LogP contribution < -0.4 is 0 Å². The van der Waals surface area contributed by atoms with Crippen molar-refractivity contribution in [1.82, 2.24) is 15.0 Å². The standard InChI is InChI=1S/C61H39N3O/c1-3-11-40(12-4-1)43-21-23-45(24-22-43)46-29-36-50(37-30-46)60-62-59(49-34-27-44(28-35-49)41-13-5-2-6-14-41)63-61(64-60)55-19-10-20-56-57(55)54-18-9-17-53(58(54)65-56)48-32-25-47(26-33-48)52-38-31-42-15-7-8-16-51(42)39-52/h1-39H. The Kier molecular flexibility index (Phi) is 9.46. The molecule has 0 saturated carbocycles. The number of para-hydroxylation sites is 1. The fourth-order valence-corrected chi connectivity index (χ4v) is 8.97. The lowest BCUT2D eigenvalue weighted by Crippen LogP contribution is -2.00. The van der Waals surface area contributed by atoms with Crippen LogP contribution in [0.2, 0.25) is 0 Å². The highest BCUT2D eigenvalue weighted by atomic mass is 16.3. The summed E-state index contributed by atoms with van der Waals surface area (Å²) in [4.78, 5) is 15.6. The molecule has 4 heteroatoms. The lowest BCUT2D eigenvalue weighted by molar-refractivity contribution is 0.670. The molecule has 2 heterocycles. The molecule has 0 aliphatic rings. The lowest BCUT2D eigenvalue weighted by Gasteiger charge is -2.11. The van der Waals surface area contributed by atoms with Gasteiger partial charge in [-0.3, -0.25) is 0 Å². The molecule has 0 spiro atoms. The van der Waals surface area contributed by atoms with E-state index in [1.807, 2.05) is 24.3 Å². The minimum absolute atomic E-state index is 0.580. The third kappa shape index (κ3) is 7.23. The first kappa shape index (κ1) is 38.0. The summed E-state index contributed by atoms with van der Waals surface area (Å²) in [6, 6.07) is 82.9. The summed E-state index contributed by atoms with van der Waals surface area (Å²) in [5.74, 6) is 1.78. The number of benzene rings is 10. The molecule has 0 amide bonds. The van der Waals surface area contributed by atoms with Gasteiger partial charge in [-0.15, -0.1) is 0 Å². The number of rotatable bonds is 8. The van der Waals surface area contributed by atoms with Crippen molar-refractivity contribution in [1.29, 1.82) is 0 Å². The van der Waals surface area contributed by atoms with Crippen molar-refractivity contribution >= 4 is 32.7 Å². The normalized spacial score (nSPS) is 11.4. The largest absolute Gasteiger partial charge is 0.455 e. The first-order valence-electron chi connectivity index (χ1n) is 21.9. The molecule has 304 valence electrons. The van der Waals surface area contributed by atoms with Gasteiger partial charge >= 0.3 is 0 Å². The molecule has 12 rings (SSSR count). The van der Waals surface area contributed by atoms with Crippen molar-refractivity contribution in [2.24, 2.45) is 0 Å². The van der Waals surface area contributed by atoms with Crippen LogP contribution >= 0.6 is 0 Å². The second-order valence-electron chi connectivity index (χ2n) is 16.4. The van der Waals surface area contributed by atoms with E-state index in [1.54, 1.807) is 0 Å². The van der Waals surface area contributed by atoms with Crippen LogP contribution in [0.25, 0.3) is 123 Å². The second kappa shape index (κ2) is 16.2. The Hall–Kier alpha value is -8.73. The van der Waals surface area contributed by atoms with Gasteiger partial charge in [0.15, 0.2) is 17.5 Å². The molecule has 0 N–H and O–H groups in total. The third-order valence-corrected chi connectivity index (χ3v) is 12.4. The highest BCUT2D eigenvalue weighted by Crippen LogP contribution is 2.41. The highest BCUT2D eigenvalue weighted by molar-refractivity contribution is 6.15. The zero-order valence-electron chi connectivity index (χ0n) is 35.3. The maximum Gasteiger partial charge on any atom is 0.164 e. The van der Waals surface area contributed by atoms with Crippen LogP contribution in [0, 0.1) is 0 Å². The fourth-order valence-electron chi connectivity index (χ4n) is 8.97. The van der Waals surface area contributed by atoms with Crippen molar-refractivity contribution in [3.63, 3.8) is 0 Å². The third-order valence-electron chi connectivity index (χ3n) is 12.4. The van der Waals surface area contributed by atoms with Crippen LogP contribution in [0.4, 0.5) is 0 Å². The molecule has 4 nitrogen and oxygen atoms in total. The number of fused-ring (bicyclic) bond motifs is 4. The van der Waals surface area contributed by atoms with Crippen molar-refractivity contribution in [2.45, 2.75) is 0 Å². The van der Waals surface area contributed by atoms with Crippen LogP contribution in [0.5, 0.6) is 0 Å². The van der Waals surface area contributed by atoms with E-state index in [4.69, 9.17) is 19.4 Å². The van der Waals surface area contributed by atoms with E-state index in [9.17, 15) is 0 Å². The molecule has 10 aromatic carbocycles. The van der Waals surface area contributed by atoms with Gasteiger partial charge in [0.25, 0.3) is 0 Å². The van der Waals surface area contributed by atoms with E-state index < -0.39 is 0 Å². The summed E-state index contributed by atoms with van der Waals surface area (Å²) in [7, 11) is 0. The second-order valence-corrected chi connectivity index (χ2v) is 16.4. The van der Waals surface area contributed by atoms with E-state index in [-0.39, 0.29) is 0 Å². The molecular weight excluding hydrogens is 791 g/mol. The first-order chi connectivity index (χ1) is 32.2. The van der Waals surface area contributed by atoms with Gasteiger partial charge in [0.1, 0.15) is 11.2 Å². The van der Waals surface area contributed by atoms with Crippen molar-refractivity contribution in [3.8, 4) is 89.8 Å². The SMILES string of the molecule is c1ccc(-c2ccc(-c3ccc(-c4nc(-c5ccc(-c6ccccc6)cc5)nc(-c5cccc6oc7c(-c8ccc(-c9ccc%10ccccc%10c9)cc8)cccc7c56)n4)cc3)cc2)cc1. The molecule has 0 aliphatic heterocycles. The van der Waals surface area contributed by atoms with Crippen molar-refractivity contribution < 1.29 is 4.42 Å². The van der Waals surface area contributed by atoms with E-state index >= 15 is 0 Å². The molecule has 0 fully saturated rings. The minimum Gasteiger partial charge on any atom is -0.455 e. The van der Waals surface area contributed by atoms with Crippen LogP contribution in [-0.4, -0.2) is 15.0 Å². The predicted octanol–water partition coefficient (Wildman–Crippen LogP) is 16.3. The quantitative estimate of drug-likeness (QED) is 0.153. The molecule has 0 saturated heterocycles. The topological polar surface area (TPSA) is 51.8 Å². The molecule has 0 unspecified atom stereocenters. The maximum absolute atomic E-state index is 6.76. The van der Waals surface area contributed by atoms with E-state index in [0.717, 1.165) is 72.0 Å². The van der Waals surface area contributed by atoms with Crippen LogP contribution in [-0.2, 0) is 0 Å². The Labute approximate surface area is 376 Å². The number of hydrogen-bond donors (Lipinski definition) is 0. The summed E-state index contributed by atoms with van der Waals surface area (Å²) in [6.07, 6.45) is 0. The van der Waals surface area contributed by atoms with Gasteiger partial charge in [-0.1, -0.05) is 224 Å². The fraction of sp³-hybridized carbons (Fsp3) is 0. The zero-order valence-corrected chi connectivity index (χ0v) is 35.3. The van der Waals surface area contributed by atoms with Crippen LogP contribution in [0.3, 0.4) is 0 Å². The van der Waals surface area contributed by atoms with Crippen LogP contribution in [0.1, 0.15) is 0 Å². The maximum atomic E-state index is 6.76. The predicted molar refractivity (Wildman–Crippen MR) is 268 cm³/mol. The number of hydrogen-bond acceptors (Lipinski definition) is 4. The highest BCUT2D eigenvalue weighted by Gasteiger charge is 2.20. The molecule has 0 aliphatic carbocycles. The van der Waals surface area contributed by atoms with E-state index in [1.165, 1.54) is 33.0 Å². The van der Waals surface area contributed by atoms with Gasteiger partial charge in [-0.2, -0.15) is 0 Å². The van der Waals surface area contributed by atoms with Gasteiger partial charge in [-0.25, -0.2) is 15.0 Å². The van der Waals surface area contributed by atoms with Gasteiger partial charge in [-0.05, 0) is 73.0 Å². The van der Waals surface area contributed by atoms with Gasteiger partial charge in [0.2, 0.25) is 0 Å². The van der Waals surface area contributed by atoms with Crippen LogP contribution in [0.15, 0.2) is 241 Å². The molecular formula is C61H39N3O. The summed E-state index contributed by atoms with van der Waals surface area (Å²) >= 11 is 0. The zero-order chi connectivity index (χ0) is 43.1. The smallest absolute Gasteiger partial charge is 0.164 e. The Morgan fingerprint density at radius 2 is 0.677 bits per heavy atom.